The van der Waals surface area contributed by atoms with Crippen molar-refractivity contribution in [1.29, 1.82) is 0 Å². The van der Waals surface area contributed by atoms with Gasteiger partial charge in [0.2, 0.25) is 11.8 Å². The Bertz CT molecular complexity index is 1030. The molecule has 0 aliphatic heterocycles. The molecule has 0 aliphatic rings. The van der Waals surface area contributed by atoms with E-state index in [-0.39, 0.29) is 11.8 Å². The summed E-state index contributed by atoms with van der Waals surface area (Å²) in [6, 6.07) is 7.49. The Morgan fingerprint density at radius 2 is 1.10 bits per heavy atom. The van der Waals surface area contributed by atoms with Crippen LogP contribution in [0.2, 0.25) is 0 Å². The van der Waals surface area contributed by atoms with Crippen molar-refractivity contribution in [3.05, 3.63) is 46.5 Å². The van der Waals surface area contributed by atoms with Crippen molar-refractivity contribution in [2.75, 3.05) is 22.1 Å². The molecule has 0 aromatic heterocycles. The number of aryl methyl sites for hydroxylation is 4. The number of unbranched alkanes of at least 4 members (excludes halogenated alkanes) is 9. The van der Waals surface area contributed by atoms with Crippen molar-refractivity contribution in [2.24, 2.45) is 0 Å². The van der Waals surface area contributed by atoms with Gasteiger partial charge in [-0.3, -0.25) is 9.59 Å². The SMILES string of the molecule is CCCCc1cc(NC(=O)CCCCCCCCCCSCC(=O)Nc2cc(C)c(O)c(CCCC)c2)cc(C)c1O. The van der Waals surface area contributed by atoms with Crippen LogP contribution in [0.5, 0.6) is 11.5 Å². The second kappa shape index (κ2) is 20.3. The molecule has 7 heteroatoms. The van der Waals surface area contributed by atoms with Crippen LogP contribution in [-0.4, -0.2) is 33.5 Å². The number of hydrogen-bond donors (Lipinski definition) is 4. The average molecular weight is 599 g/mol. The van der Waals surface area contributed by atoms with Gasteiger partial charge in [-0.05, 0) is 105 Å². The van der Waals surface area contributed by atoms with Gasteiger partial charge >= 0.3 is 0 Å². The number of carbonyl (C=O) groups is 2. The van der Waals surface area contributed by atoms with E-state index in [9.17, 15) is 19.8 Å². The highest BCUT2D eigenvalue weighted by molar-refractivity contribution is 7.99. The number of amides is 2. The average Bonchev–Trinajstić information content (AvgIpc) is 2.95. The van der Waals surface area contributed by atoms with E-state index in [4.69, 9.17) is 0 Å². The fourth-order valence-electron chi connectivity index (χ4n) is 5.10. The molecule has 2 aromatic carbocycles. The molecule has 0 saturated heterocycles. The van der Waals surface area contributed by atoms with E-state index < -0.39 is 0 Å². The van der Waals surface area contributed by atoms with Crippen LogP contribution in [0, 0.1) is 13.8 Å². The number of nitrogens with one attached hydrogen (secondary N) is 2. The Balaban J connectivity index is 1.49. The lowest BCUT2D eigenvalue weighted by Crippen LogP contribution is -2.14. The summed E-state index contributed by atoms with van der Waals surface area (Å²) in [6.45, 7) is 8.01. The molecule has 42 heavy (non-hydrogen) atoms. The molecule has 2 amide bonds. The van der Waals surface area contributed by atoms with Crippen LogP contribution in [0.25, 0.3) is 0 Å². The molecule has 0 radical (unpaired) electrons. The van der Waals surface area contributed by atoms with Crippen LogP contribution < -0.4 is 10.6 Å². The van der Waals surface area contributed by atoms with Gasteiger partial charge in [0, 0.05) is 17.8 Å². The van der Waals surface area contributed by atoms with Gasteiger partial charge in [-0.25, -0.2) is 0 Å². The fraction of sp³-hybridized carbons (Fsp3) is 0.600. The normalized spacial score (nSPS) is 11.0. The highest BCUT2D eigenvalue weighted by Crippen LogP contribution is 2.29. The summed E-state index contributed by atoms with van der Waals surface area (Å²) < 4.78 is 0. The van der Waals surface area contributed by atoms with Crippen LogP contribution in [0.1, 0.15) is 120 Å². The van der Waals surface area contributed by atoms with Crippen molar-refractivity contribution in [1.82, 2.24) is 0 Å². The van der Waals surface area contributed by atoms with Crippen molar-refractivity contribution >= 4 is 35.0 Å². The maximum atomic E-state index is 12.4. The maximum Gasteiger partial charge on any atom is 0.234 e. The number of phenolic OH excluding ortho intramolecular Hbond substituents is 2. The zero-order valence-corrected chi connectivity index (χ0v) is 27.3. The Morgan fingerprint density at radius 3 is 1.60 bits per heavy atom. The Kier molecular flexibility index (Phi) is 17.1. The van der Waals surface area contributed by atoms with E-state index in [2.05, 4.69) is 24.5 Å². The highest BCUT2D eigenvalue weighted by Gasteiger charge is 2.11. The summed E-state index contributed by atoms with van der Waals surface area (Å²) in [6.07, 6.45) is 15.4. The van der Waals surface area contributed by atoms with Gasteiger partial charge in [-0.1, -0.05) is 65.2 Å². The highest BCUT2D eigenvalue weighted by atomic mass is 32.2. The molecule has 0 atom stereocenters. The second-order valence-corrected chi connectivity index (χ2v) is 12.6. The molecule has 0 saturated carbocycles. The molecule has 0 bridgehead atoms. The Morgan fingerprint density at radius 1 is 0.643 bits per heavy atom. The van der Waals surface area contributed by atoms with Gasteiger partial charge in [0.15, 0.2) is 0 Å². The summed E-state index contributed by atoms with van der Waals surface area (Å²) >= 11 is 1.68. The second-order valence-electron chi connectivity index (χ2n) is 11.5. The third-order valence-electron chi connectivity index (χ3n) is 7.60. The molecular weight excluding hydrogens is 544 g/mol. The molecule has 234 valence electrons. The lowest BCUT2D eigenvalue weighted by Gasteiger charge is -2.12. The van der Waals surface area contributed by atoms with Gasteiger partial charge in [-0.2, -0.15) is 11.8 Å². The lowest BCUT2D eigenvalue weighted by molar-refractivity contribution is -0.116. The van der Waals surface area contributed by atoms with E-state index in [0.717, 1.165) is 104 Å². The predicted octanol–water partition coefficient (Wildman–Crippen LogP) is 9.22. The zero-order valence-electron chi connectivity index (χ0n) is 26.4. The molecule has 0 spiro atoms. The number of benzene rings is 2. The first-order valence-electron chi connectivity index (χ1n) is 16.1. The third-order valence-corrected chi connectivity index (χ3v) is 8.65. The van der Waals surface area contributed by atoms with Gasteiger partial charge in [0.05, 0.1) is 5.75 Å². The van der Waals surface area contributed by atoms with E-state index in [1.807, 2.05) is 38.1 Å². The summed E-state index contributed by atoms with van der Waals surface area (Å²) in [4.78, 5) is 24.8. The fourth-order valence-corrected chi connectivity index (χ4v) is 5.91. The van der Waals surface area contributed by atoms with E-state index >= 15 is 0 Å². The minimum Gasteiger partial charge on any atom is -0.507 e. The first kappa shape index (κ1) is 35.5. The number of thioether (sulfide) groups is 1. The van der Waals surface area contributed by atoms with Gasteiger partial charge in [-0.15, -0.1) is 0 Å². The quantitative estimate of drug-likeness (QED) is 0.0848. The molecule has 4 N–H and O–H groups in total. The summed E-state index contributed by atoms with van der Waals surface area (Å²) in [5.41, 5.74) is 4.97. The first-order valence-corrected chi connectivity index (χ1v) is 17.2. The van der Waals surface area contributed by atoms with Crippen LogP contribution >= 0.6 is 11.8 Å². The molecule has 2 aromatic rings. The zero-order chi connectivity index (χ0) is 30.7. The molecule has 0 fully saturated rings. The number of hydrogen-bond acceptors (Lipinski definition) is 5. The van der Waals surface area contributed by atoms with Crippen molar-refractivity contribution in [3.8, 4) is 11.5 Å². The largest absolute Gasteiger partial charge is 0.507 e. The monoisotopic (exact) mass is 598 g/mol. The number of phenols is 2. The molecule has 0 unspecified atom stereocenters. The number of anilines is 2. The summed E-state index contributed by atoms with van der Waals surface area (Å²) in [5.74, 6) is 2.18. The van der Waals surface area contributed by atoms with Crippen LogP contribution in [0.3, 0.4) is 0 Å². The van der Waals surface area contributed by atoms with Gasteiger partial charge < -0.3 is 20.8 Å². The number of carbonyl (C=O) groups excluding carboxylic acids is 2. The Labute approximate surface area is 258 Å². The smallest absolute Gasteiger partial charge is 0.234 e. The minimum atomic E-state index is 0.00937. The van der Waals surface area contributed by atoms with E-state index in [1.54, 1.807) is 11.8 Å². The van der Waals surface area contributed by atoms with Crippen LogP contribution in [0.4, 0.5) is 11.4 Å². The van der Waals surface area contributed by atoms with Gasteiger partial charge in [0.25, 0.3) is 0 Å². The molecule has 6 nitrogen and oxygen atoms in total. The molecule has 2 rings (SSSR count). The molecular formula is C35H54N2O4S. The third kappa shape index (κ3) is 13.5. The topological polar surface area (TPSA) is 98.7 Å². The number of rotatable bonds is 21. The van der Waals surface area contributed by atoms with Crippen molar-refractivity contribution < 1.29 is 19.8 Å². The summed E-state index contributed by atoms with van der Waals surface area (Å²) in [7, 11) is 0. The predicted molar refractivity (Wildman–Crippen MR) is 179 cm³/mol. The van der Waals surface area contributed by atoms with Crippen LogP contribution in [-0.2, 0) is 22.4 Å². The maximum absolute atomic E-state index is 12.4. The van der Waals surface area contributed by atoms with Crippen molar-refractivity contribution in [3.63, 3.8) is 0 Å². The van der Waals surface area contributed by atoms with Gasteiger partial charge in [0.1, 0.15) is 11.5 Å². The standard InChI is InChI=1S/C35H54N2O4S/c1-5-7-17-28-23-30(21-26(3)34(28)40)36-32(38)19-15-13-11-9-10-12-14-16-20-42-25-33(39)37-31-22-27(4)35(41)29(24-31)18-8-6-2/h21-24,40-41H,5-20,25H2,1-4H3,(H,36,38)(H,37,39). The summed E-state index contributed by atoms with van der Waals surface area (Å²) in [5, 5.41) is 26.5. The van der Waals surface area contributed by atoms with E-state index in [0.29, 0.717) is 23.7 Å². The molecule has 0 aliphatic carbocycles. The van der Waals surface area contributed by atoms with Crippen molar-refractivity contribution in [2.45, 2.75) is 124 Å². The Hall–Kier alpha value is -2.67. The van der Waals surface area contributed by atoms with Crippen LogP contribution in [0.15, 0.2) is 24.3 Å². The minimum absolute atomic E-state index is 0.00937. The number of aromatic hydroxyl groups is 2. The lowest BCUT2D eigenvalue weighted by atomic mass is 10.0. The molecule has 0 heterocycles. The van der Waals surface area contributed by atoms with E-state index in [1.165, 1.54) is 25.7 Å². The first-order chi connectivity index (χ1) is 20.2.